The predicted molar refractivity (Wildman–Crippen MR) is 65.8 cm³/mol. The third-order valence-electron chi connectivity index (χ3n) is 2.76. The summed E-state index contributed by atoms with van der Waals surface area (Å²) in [4.78, 5) is 8.58. The molecule has 2 heterocycles. The second-order valence-corrected chi connectivity index (χ2v) is 3.90. The van der Waals surface area contributed by atoms with Crippen LogP contribution < -0.4 is 0 Å². The number of nitrogens with one attached hydrogen (secondary N) is 2. The highest BCUT2D eigenvalue weighted by Gasteiger charge is 2.27. The minimum absolute atomic E-state index is 0.0663. The maximum atomic E-state index is 9.77. The van der Waals surface area contributed by atoms with Gasteiger partial charge < -0.3 is 14.9 Å². The summed E-state index contributed by atoms with van der Waals surface area (Å²) in [6.45, 7) is 0.144. The fourth-order valence-electron chi connectivity index (χ4n) is 1.92. The summed E-state index contributed by atoms with van der Waals surface area (Å²) >= 11 is 0. The molecule has 0 saturated carbocycles. The average Bonchev–Trinajstić information content (AvgIpc) is 2.81. The van der Waals surface area contributed by atoms with E-state index in [1.165, 1.54) is 4.81 Å². The normalized spacial score (nSPS) is 16.2. The summed E-state index contributed by atoms with van der Waals surface area (Å²) in [6, 6.07) is 7.54. The van der Waals surface area contributed by atoms with E-state index in [-0.39, 0.29) is 18.1 Å². The Morgan fingerprint density at radius 2 is 2.18 bits per heavy atom. The highest BCUT2D eigenvalue weighted by Crippen LogP contribution is 2.25. The molecule has 3 N–H and O–H groups in total. The van der Waals surface area contributed by atoms with Gasteiger partial charge in [-0.05, 0) is 12.1 Å². The van der Waals surface area contributed by atoms with E-state index in [0.717, 1.165) is 11.0 Å². The third-order valence-corrected chi connectivity index (χ3v) is 2.76. The number of aliphatic hydroxyl groups is 1. The van der Waals surface area contributed by atoms with E-state index in [9.17, 15) is 5.11 Å². The molecule has 5 nitrogen and oxygen atoms in total. The summed E-state index contributed by atoms with van der Waals surface area (Å²) in [7, 11) is 5.56. The number of rotatable bonds is 1. The van der Waals surface area contributed by atoms with Crippen LogP contribution in [0.2, 0.25) is 0 Å². The topological polar surface area (TPSA) is 76.0 Å². The number of nitrogens with zero attached hydrogens (tertiary/aromatic N) is 2. The minimum Gasteiger partial charge on any atom is -0.510 e. The zero-order valence-electron chi connectivity index (χ0n) is 8.94. The number of fused-ring (bicyclic) bond motifs is 1. The summed E-state index contributed by atoms with van der Waals surface area (Å²) in [5.74, 6) is 0.611. The van der Waals surface area contributed by atoms with Gasteiger partial charge in [-0.3, -0.25) is 5.41 Å². The lowest BCUT2D eigenvalue weighted by molar-refractivity contribution is 0.391. The van der Waals surface area contributed by atoms with E-state index >= 15 is 0 Å². The molecular weight excluding hydrogens is 215 g/mol. The van der Waals surface area contributed by atoms with Gasteiger partial charge in [-0.15, -0.1) is 0 Å². The number of amidine groups is 1. The van der Waals surface area contributed by atoms with Gasteiger partial charge in [0.2, 0.25) is 7.98 Å². The molecule has 1 aliphatic heterocycles. The quantitative estimate of drug-likeness (QED) is 0.637. The maximum absolute atomic E-state index is 9.77. The largest absolute Gasteiger partial charge is 0.510 e. The second-order valence-electron chi connectivity index (χ2n) is 3.90. The van der Waals surface area contributed by atoms with Gasteiger partial charge in [-0.1, -0.05) is 12.1 Å². The Balaban J connectivity index is 2.16. The number of H-pyrrole nitrogens is 1. The fourth-order valence-corrected chi connectivity index (χ4v) is 1.92. The van der Waals surface area contributed by atoms with E-state index < -0.39 is 0 Å². The molecule has 2 aromatic rings. The number of aliphatic hydroxyl groups excluding tert-OH is 1. The van der Waals surface area contributed by atoms with Crippen LogP contribution in [0.5, 0.6) is 0 Å². The molecule has 1 aromatic carbocycles. The van der Waals surface area contributed by atoms with Crippen LogP contribution in [0.4, 0.5) is 0 Å². The van der Waals surface area contributed by atoms with Crippen molar-refractivity contribution in [2.45, 2.75) is 0 Å². The van der Waals surface area contributed by atoms with E-state index in [1.54, 1.807) is 0 Å². The Labute approximate surface area is 98.7 Å². The SMILES string of the molecule is [B]N1CC(O)=C(c2nc3ccccc3[nH]2)C1=N. The molecule has 0 spiro atoms. The molecule has 17 heavy (non-hydrogen) atoms. The van der Waals surface area contributed by atoms with E-state index in [0.29, 0.717) is 11.4 Å². The van der Waals surface area contributed by atoms with Crippen molar-refractivity contribution < 1.29 is 5.11 Å². The monoisotopic (exact) mass is 224 g/mol. The molecule has 1 aliphatic rings. The molecule has 3 rings (SSSR count). The molecule has 2 radical (unpaired) electrons. The number of aromatic nitrogens is 2. The first-order chi connectivity index (χ1) is 8.16. The number of imidazole rings is 1. The first kappa shape index (κ1) is 9.95. The van der Waals surface area contributed by atoms with Gasteiger partial charge in [-0.2, -0.15) is 0 Å². The number of benzene rings is 1. The van der Waals surface area contributed by atoms with Crippen LogP contribution in [-0.4, -0.2) is 40.2 Å². The van der Waals surface area contributed by atoms with Crippen molar-refractivity contribution in [1.29, 1.82) is 5.41 Å². The highest BCUT2D eigenvalue weighted by atomic mass is 16.3. The Morgan fingerprint density at radius 3 is 2.82 bits per heavy atom. The summed E-state index contributed by atoms with van der Waals surface area (Å²) in [5, 5.41) is 17.5. The van der Waals surface area contributed by atoms with Crippen molar-refractivity contribution in [2.24, 2.45) is 0 Å². The highest BCUT2D eigenvalue weighted by molar-refractivity contribution is 6.32. The van der Waals surface area contributed by atoms with Gasteiger partial charge in [0.05, 0.1) is 23.2 Å². The van der Waals surface area contributed by atoms with Gasteiger partial charge >= 0.3 is 0 Å². The van der Waals surface area contributed by atoms with Crippen LogP contribution in [0.3, 0.4) is 0 Å². The van der Waals surface area contributed by atoms with Crippen LogP contribution >= 0.6 is 0 Å². The van der Waals surface area contributed by atoms with Gasteiger partial charge in [-0.25, -0.2) is 4.98 Å². The predicted octanol–water partition coefficient (Wildman–Crippen LogP) is 1.21. The smallest absolute Gasteiger partial charge is 0.229 e. The van der Waals surface area contributed by atoms with Crippen LogP contribution in [0.25, 0.3) is 16.6 Å². The zero-order chi connectivity index (χ0) is 12.0. The maximum Gasteiger partial charge on any atom is 0.229 e. The van der Waals surface area contributed by atoms with Crippen molar-refractivity contribution >= 4 is 30.4 Å². The van der Waals surface area contributed by atoms with Crippen LogP contribution in [-0.2, 0) is 0 Å². The molecule has 0 atom stereocenters. The summed E-state index contributed by atoms with van der Waals surface area (Å²) < 4.78 is 0. The first-order valence-corrected chi connectivity index (χ1v) is 5.15. The van der Waals surface area contributed by atoms with Gasteiger partial charge in [0, 0.05) is 0 Å². The summed E-state index contributed by atoms with van der Waals surface area (Å²) in [5.41, 5.74) is 2.03. The van der Waals surface area contributed by atoms with E-state index in [4.69, 9.17) is 13.4 Å². The number of aromatic amines is 1. The lowest BCUT2D eigenvalue weighted by atomic mass is 10.2. The Hall–Kier alpha value is -2.24. The van der Waals surface area contributed by atoms with Crippen molar-refractivity contribution in [3.63, 3.8) is 0 Å². The lowest BCUT2D eigenvalue weighted by Crippen LogP contribution is -2.22. The minimum atomic E-state index is 0.0663. The molecule has 82 valence electrons. The zero-order valence-corrected chi connectivity index (χ0v) is 8.94. The Morgan fingerprint density at radius 1 is 1.41 bits per heavy atom. The van der Waals surface area contributed by atoms with Crippen molar-refractivity contribution in [3.8, 4) is 0 Å². The molecule has 6 heteroatoms. The van der Waals surface area contributed by atoms with E-state index in [2.05, 4.69) is 9.97 Å². The van der Waals surface area contributed by atoms with Crippen LogP contribution in [0.15, 0.2) is 30.0 Å². The molecule has 0 saturated heterocycles. The van der Waals surface area contributed by atoms with Gasteiger partial charge in [0.25, 0.3) is 0 Å². The van der Waals surface area contributed by atoms with Gasteiger partial charge in [0.15, 0.2) is 0 Å². The summed E-state index contributed by atoms with van der Waals surface area (Å²) in [6.07, 6.45) is 0. The van der Waals surface area contributed by atoms with Crippen molar-refractivity contribution in [2.75, 3.05) is 6.54 Å². The number of para-hydroxylation sites is 2. The molecule has 0 bridgehead atoms. The first-order valence-electron chi connectivity index (χ1n) is 5.15. The fraction of sp³-hybridized carbons (Fsp3) is 0.0909. The third kappa shape index (κ3) is 1.41. The Bertz CT molecular complexity index is 613. The van der Waals surface area contributed by atoms with E-state index in [1.807, 2.05) is 24.3 Å². The average molecular weight is 224 g/mol. The lowest BCUT2D eigenvalue weighted by Gasteiger charge is -2.10. The van der Waals surface area contributed by atoms with Gasteiger partial charge in [0.1, 0.15) is 17.4 Å². The molecule has 0 amide bonds. The van der Waals surface area contributed by atoms with Crippen molar-refractivity contribution in [1.82, 2.24) is 14.8 Å². The second kappa shape index (κ2) is 3.38. The molecule has 0 unspecified atom stereocenters. The molecule has 1 aromatic heterocycles. The standard InChI is InChI=1S/C11H9BN4O/c12-16-5-8(17)9(10(16)13)11-14-6-3-1-2-4-7(6)15-11/h1-4,13,17H,5H2,(H,14,15). The number of hydrogen-bond donors (Lipinski definition) is 3. The van der Waals surface area contributed by atoms with Crippen LogP contribution in [0, 0.1) is 5.41 Å². The molecular formula is C11H9BN4O. The Kier molecular flexibility index (Phi) is 1.98. The molecule has 0 fully saturated rings. The number of hydrogen-bond acceptors (Lipinski definition) is 3. The van der Waals surface area contributed by atoms with Crippen molar-refractivity contribution in [3.05, 3.63) is 35.8 Å². The van der Waals surface area contributed by atoms with Crippen LogP contribution in [0.1, 0.15) is 5.82 Å². The molecule has 0 aliphatic carbocycles.